The normalized spacial score (nSPS) is 14.7. The summed E-state index contributed by atoms with van der Waals surface area (Å²) >= 11 is 1.34. The van der Waals surface area contributed by atoms with Gasteiger partial charge in [0.2, 0.25) is 5.91 Å². The molecule has 6 heteroatoms. The summed E-state index contributed by atoms with van der Waals surface area (Å²) in [4.78, 5) is 28.2. The van der Waals surface area contributed by atoms with Gasteiger partial charge in [-0.3, -0.25) is 4.79 Å². The van der Waals surface area contributed by atoms with Crippen molar-refractivity contribution >= 4 is 28.3 Å². The van der Waals surface area contributed by atoms with Crippen LogP contribution in [0.15, 0.2) is 0 Å². The number of nitrogens with one attached hydrogen (secondary N) is 1. The second kappa shape index (κ2) is 5.06. The highest BCUT2D eigenvalue weighted by atomic mass is 32.1. The molecule has 0 aromatic carbocycles. The molecule has 0 aliphatic heterocycles. The predicted octanol–water partition coefficient (Wildman–Crippen LogP) is 2.40. The Labute approximate surface area is 110 Å². The van der Waals surface area contributed by atoms with Crippen molar-refractivity contribution in [3.05, 3.63) is 10.6 Å². The van der Waals surface area contributed by atoms with E-state index in [0.717, 1.165) is 17.7 Å². The molecule has 0 saturated heterocycles. The van der Waals surface area contributed by atoms with Crippen molar-refractivity contribution in [3.63, 3.8) is 0 Å². The first-order valence-electron chi connectivity index (χ1n) is 5.92. The molecule has 1 aromatic heterocycles. The van der Waals surface area contributed by atoms with Crippen LogP contribution in [0.3, 0.4) is 0 Å². The zero-order valence-corrected chi connectivity index (χ0v) is 11.5. The van der Waals surface area contributed by atoms with Crippen molar-refractivity contribution in [1.29, 1.82) is 0 Å². The maximum atomic E-state index is 11.6. The van der Waals surface area contributed by atoms with Crippen LogP contribution in [0.4, 0.5) is 5.13 Å². The second-order valence-corrected chi connectivity index (χ2v) is 5.67. The van der Waals surface area contributed by atoms with E-state index in [2.05, 4.69) is 10.3 Å². The van der Waals surface area contributed by atoms with Gasteiger partial charge in [-0.05, 0) is 18.8 Å². The number of thiazole rings is 1. The molecule has 1 amide bonds. The van der Waals surface area contributed by atoms with Crippen molar-refractivity contribution in [2.24, 2.45) is 5.92 Å². The highest BCUT2D eigenvalue weighted by Crippen LogP contribution is 2.33. The zero-order valence-electron chi connectivity index (χ0n) is 10.6. The smallest absolute Gasteiger partial charge is 0.357 e. The fourth-order valence-corrected chi connectivity index (χ4v) is 2.53. The first kappa shape index (κ1) is 13.0. The molecule has 1 fully saturated rings. The van der Waals surface area contributed by atoms with Gasteiger partial charge < -0.3 is 10.1 Å². The number of esters is 1. The fourth-order valence-electron chi connectivity index (χ4n) is 1.57. The lowest BCUT2D eigenvalue weighted by molar-refractivity contribution is -0.117. The topological polar surface area (TPSA) is 68.3 Å². The lowest BCUT2D eigenvalue weighted by atomic mass is 10.1. The van der Waals surface area contributed by atoms with Crippen LogP contribution in [-0.2, 0) is 9.53 Å². The number of nitrogens with zero attached hydrogens (tertiary/aromatic N) is 1. The third kappa shape index (κ3) is 2.69. The molecule has 0 bridgehead atoms. The summed E-state index contributed by atoms with van der Waals surface area (Å²) in [5.74, 6) is -0.168. The van der Waals surface area contributed by atoms with Crippen LogP contribution in [0.25, 0.3) is 0 Å². The van der Waals surface area contributed by atoms with E-state index in [9.17, 15) is 9.59 Å². The number of anilines is 1. The van der Waals surface area contributed by atoms with Crippen LogP contribution in [0.2, 0.25) is 0 Å². The summed E-state index contributed by atoms with van der Waals surface area (Å²) < 4.78 is 4.70. The Balaban J connectivity index is 2.21. The number of methoxy groups -OCH3 is 1. The van der Waals surface area contributed by atoms with E-state index in [0.29, 0.717) is 10.8 Å². The number of hydrogen-bond acceptors (Lipinski definition) is 5. The van der Waals surface area contributed by atoms with Crippen LogP contribution in [-0.4, -0.2) is 24.0 Å². The van der Waals surface area contributed by atoms with E-state index in [4.69, 9.17) is 4.74 Å². The lowest BCUT2D eigenvalue weighted by Gasteiger charge is -2.02. The van der Waals surface area contributed by atoms with Gasteiger partial charge in [0.15, 0.2) is 10.8 Å². The highest BCUT2D eigenvalue weighted by Gasteiger charge is 2.31. The van der Waals surface area contributed by atoms with E-state index < -0.39 is 5.97 Å². The van der Waals surface area contributed by atoms with Gasteiger partial charge in [-0.1, -0.05) is 13.8 Å². The molecule has 1 N–H and O–H groups in total. The molecule has 0 unspecified atom stereocenters. The van der Waals surface area contributed by atoms with Gasteiger partial charge in [0, 0.05) is 10.8 Å². The van der Waals surface area contributed by atoms with E-state index in [1.807, 2.05) is 13.8 Å². The number of aromatic nitrogens is 1. The number of rotatable bonds is 4. The minimum Gasteiger partial charge on any atom is -0.464 e. The molecule has 1 saturated carbocycles. The first-order valence-corrected chi connectivity index (χ1v) is 6.74. The van der Waals surface area contributed by atoms with Gasteiger partial charge in [0.05, 0.1) is 7.11 Å². The van der Waals surface area contributed by atoms with E-state index in [-0.39, 0.29) is 17.7 Å². The maximum absolute atomic E-state index is 11.6. The molecule has 18 heavy (non-hydrogen) atoms. The molecule has 2 rings (SSSR count). The van der Waals surface area contributed by atoms with Crippen LogP contribution < -0.4 is 5.32 Å². The average molecular weight is 268 g/mol. The first-order chi connectivity index (χ1) is 8.52. The summed E-state index contributed by atoms with van der Waals surface area (Å²) in [6.45, 7) is 3.96. The molecule has 1 aliphatic rings. The van der Waals surface area contributed by atoms with Gasteiger partial charge in [0.1, 0.15) is 0 Å². The molecule has 1 aromatic rings. The number of carbonyl (C=O) groups excluding carboxylic acids is 2. The van der Waals surface area contributed by atoms with E-state index >= 15 is 0 Å². The van der Waals surface area contributed by atoms with Crippen LogP contribution in [0.5, 0.6) is 0 Å². The quantitative estimate of drug-likeness (QED) is 0.851. The predicted molar refractivity (Wildman–Crippen MR) is 68.9 cm³/mol. The SMILES string of the molecule is COC(=O)c1nc(NC(=O)C2CC2)sc1C(C)C. The van der Waals surface area contributed by atoms with Gasteiger partial charge >= 0.3 is 5.97 Å². The van der Waals surface area contributed by atoms with Gasteiger partial charge in [0.25, 0.3) is 0 Å². The Bertz CT molecular complexity index is 478. The Hall–Kier alpha value is -1.43. The van der Waals surface area contributed by atoms with Gasteiger partial charge in [-0.2, -0.15) is 0 Å². The summed E-state index contributed by atoms with van der Waals surface area (Å²) in [6.07, 6.45) is 1.89. The fraction of sp³-hybridized carbons (Fsp3) is 0.583. The van der Waals surface area contributed by atoms with Crippen molar-refractivity contribution in [2.45, 2.75) is 32.6 Å². The lowest BCUT2D eigenvalue weighted by Crippen LogP contribution is -2.13. The number of hydrogen-bond donors (Lipinski definition) is 1. The van der Waals surface area contributed by atoms with Crippen LogP contribution in [0, 0.1) is 5.92 Å². The number of carbonyl (C=O) groups is 2. The van der Waals surface area contributed by atoms with Crippen molar-refractivity contribution in [3.8, 4) is 0 Å². The molecular formula is C12H16N2O3S. The Morgan fingerprint density at radius 1 is 1.44 bits per heavy atom. The molecule has 5 nitrogen and oxygen atoms in total. The molecule has 0 atom stereocenters. The Morgan fingerprint density at radius 3 is 2.61 bits per heavy atom. The van der Waals surface area contributed by atoms with Crippen LogP contribution in [0.1, 0.15) is 48.0 Å². The van der Waals surface area contributed by atoms with Crippen molar-refractivity contribution in [1.82, 2.24) is 4.98 Å². The zero-order chi connectivity index (χ0) is 13.3. The third-order valence-corrected chi connectivity index (χ3v) is 4.01. The number of ether oxygens (including phenoxy) is 1. The minimum absolute atomic E-state index is 0.00419. The standard InChI is InChI=1S/C12H16N2O3S/c1-6(2)9-8(11(16)17-3)13-12(18-9)14-10(15)7-4-5-7/h6-7H,4-5H2,1-3H3,(H,13,14,15). The monoisotopic (exact) mass is 268 g/mol. The number of amides is 1. The Kier molecular flexibility index (Phi) is 3.65. The maximum Gasteiger partial charge on any atom is 0.357 e. The molecular weight excluding hydrogens is 252 g/mol. The molecule has 0 spiro atoms. The van der Waals surface area contributed by atoms with E-state index in [1.165, 1.54) is 18.4 Å². The van der Waals surface area contributed by atoms with Crippen molar-refractivity contribution in [2.75, 3.05) is 12.4 Å². The molecule has 98 valence electrons. The van der Waals surface area contributed by atoms with Crippen LogP contribution >= 0.6 is 11.3 Å². The van der Waals surface area contributed by atoms with Gasteiger partial charge in [-0.25, -0.2) is 9.78 Å². The van der Waals surface area contributed by atoms with E-state index in [1.54, 1.807) is 0 Å². The largest absolute Gasteiger partial charge is 0.464 e. The van der Waals surface area contributed by atoms with Crippen molar-refractivity contribution < 1.29 is 14.3 Å². The second-order valence-electron chi connectivity index (χ2n) is 4.64. The van der Waals surface area contributed by atoms with Gasteiger partial charge in [-0.15, -0.1) is 11.3 Å². The summed E-state index contributed by atoms with van der Waals surface area (Å²) in [7, 11) is 1.33. The summed E-state index contributed by atoms with van der Waals surface area (Å²) in [5.41, 5.74) is 0.309. The molecule has 1 aliphatic carbocycles. The highest BCUT2D eigenvalue weighted by molar-refractivity contribution is 7.16. The molecule has 0 radical (unpaired) electrons. The summed E-state index contributed by atoms with van der Waals surface area (Å²) in [5, 5.41) is 3.24. The third-order valence-electron chi connectivity index (χ3n) is 2.73. The average Bonchev–Trinajstić information content (AvgIpc) is 3.09. The minimum atomic E-state index is -0.457. The Morgan fingerprint density at radius 2 is 2.11 bits per heavy atom. The molecule has 1 heterocycles. The summed E-state index contributed by atoms with van der Waals surface area (Å²) in [6, 6.07) is 0.